The lowest BCUT2D eigenvalue weighted by Crippen LogP contribution is -2.34. The van der Waals surface area contributed by atoms with Crippen LogP contribution in [0.1, 0.15) is 31.2 Å². The van der Waals surface area contributed by atoms with Crippen LogP contribution >= 0.6 is 11.6 Å². The molecule has 0 aliphatic carbocycles. The Morgan fingerprint density at radius 1 is 1.45 bits per heavy atom. The topological polar surface area (TPSA) is 64.3 Å². The van der Waals surface area contributed by atoms with Crippen molar-refractivity contribution in [3.63, 3.8) is 0 Å². The fourth-order valence-corrected chi connectivity index (χ4v) is 2.82. The Morgan fingerprint density at radius 2 is 2.15 bits per heavy atom. The Bertz CT molecular complexity index is 531. The van der Waals surface area contributed by atoms with Gasteiger partial charge < -0.3 is 10.0 Å². The van der Waals surface area contributed by atoms with Gasteiger partial charge in [-0.15, -0.1) is 0 Å². The van der Waals surface area contributed by atoms with Crippen LogP contribution in [-0.2, 0) is 4.79 Å². The SMILES string of the molecule is N#Cc1ccc(Cl)cc1N1CCC(CCC(=O)O)CC1. The van der Waals surface area contributed by atoms with Crippen molar-refractivity contribution in [1.29, 1.82) is 5.26 Å². The number of nitrogens with zero attached hydrogens (tertiary/aromatic N) is 2. The van der Waals surface area contributed by atoms with E-state index in [2.05, 4.69) is 11.0 Å². The number of halogens is 1. The van der Waals surface area contributed by atoms with Crippen molar-refractivity contribution in [3.05, 3.63) is 28.8 Å². The summed E-state index contributed by atoms with van der Waals surface area (Å²) in [5, 5.41) is 18.5. The van der Waals surface area contributed by atoms with Crippen molar-refractivity contribution < 1.29 is 9.90 Å². The van der Waals surface area contributed by atoms with Crippen LogP contribution in [-0.4, -0.2) is 24.2 Å². The highest BCUT2D eigenvalue weighted by atomic mass is 35.5. The molecule has 1 aliphatic heterocycles. The van der Waals surface area contributed by atoms with E-state index in [1.807, 2.05) is 6.07 Å². The van der Waals surface area contributed by atoms with E-state index in [-0.39, 0.29) is 6.42 Å². The molecule has 1 saturated heterocycles. The molecule has 1 fully saturated rings. The second-order valence-electron chi connectivity index (χ2n) is 5.14. The van der Waals surface area contributed by atoms with Crippen molar-refractivity contribution in [3.8, 4) is 6.07 Å². The van der Waals surface area contributed by atoms with Crippen LogP contribution < -0.4 is 4.90 Å². The highest BCUT2D eigenvalue weighted by molar-refractivity contribution is 6.30. The maximum absolute atomic E-state index is 10.6. The molecule has 0 unspecified atom stereocenters. The lowest BCUT2D eigenvalue weighted by atomic mass is 9.91. The van der Waals surface area contributed by atoms with Crippen molar-refractivity contribution in [2.24, 2.45) is 5.92 Å². The lowest BCUT2D eigenvalue weighted by molar-refractivity contribution is -0.137. The van der Waals surface area contributed by atoms with Crippen LogP contribution in [0, 0.1) is 17.2 Å². The van der Waals surface area contributed by atoms with Gasteiger partial charge in [0.1, 0.15) is 6.07 Å². The summed E-state index contributed by atoms with van der Waals surface area (Å²) >= 11 is 6.00. The summed E-state index contributed by atoms with van der Waals surface area (Å²) in [6, 6.07) is 7.49. The summed E-state index contributed by atoms with van der Waals surface area (Å²) in [6.45, 7) is 1.69. The van der Waals surface area contributed by atoms with Gasteiger partial charge in [0.15, 0.2) is 0 Å². The van der Waals surface area contributed by atoms with E-state index in [0.29, 0.717) is 16.5 Å². The summed E-state index contributed by atoms with van der Waals surface area (Å²) < 4.78 is 0. The maximum atomic E-state index is 10.6. The highest BCUT2D eigenvalue weighted by Gasteiger charge is 2.21. The summed E-state index contributed by atoms with van der Waals surface area (Å²) in [6.07, 6.45) is 2.91. The summed E-state index contributed by atoms with van der Waals surface area (Å²) in [5.74, 6) is -0.263. The molecule has 1 N–H and O–H groups in total. The molecular weight excluding hydrogens is 276 g/mol. The van der Waals surface area contributed by atoms with Crippen LogP contribution in [0.15, 0.2) is 18.2 Å². The number of rotatable bonds is 4. The predicted octanol–water partition coefficient (Wildman–Crippen LogP) is 3.29. The number of anilines is 1. The van der Waals surface area contributed by atoms with Gasteiger partial charge in [-0.25, -0.2) is 0 Å². The molecule has 0 saturated carbocycles. The van der Waals surface area contributed by atoms with Gasteiger partial charge in [-0.3, -0.25) is 4.79 Å². The summed E-state index contributed by atoms with van der Waals surface area (Å²) in [5.41, 5.74) is 1.52. The van der Waals surface area contributed by atoms with E-state index in [1.165, 1.54) is 0 Å². The van der Waals surface area contributed by atoms with Crippen molar-refractivity contribution >= 4 is 23.3 Å². The quantitative estimate of drug-likeness (QED) is 0.925. The number of carboxylic acids is 1. The second kappa shape index (κ2) is 6.62. The maximum Gasteiger partial charge on any atom is 0.303 e. The van der Waals surface area contributed by atoms with Gasteiger partial charge in [0, 0.05) is 24.5 Å². The van der Waals surface area contributed by atoms with Crippen LogP contribution in [0.5, 0.6) is 0 Å². The number of benzene rings is 1. The largest absolute Gasteiger partial charge is 0.481 e. The number of nitriles is 1. The number of carbonyl (C=O) groups is 1. The highest BCUT2D eigenvalue weighted by Crippen LogP contribution is 2.30. The number of carboxylic acid groups (broad SMARTS) is 1. The summed E-state index contributed by atoms with van der Waals surface area (Å²) in [7, 11) is 0. The van der Waals surface area contributed by atoms with Gasteiger partial charge in [0.25, 0.3) is 0 Å². The van der Waals surface area contributed by atoms with Crippen molar-refractivity contribution in [2.45, 2.75) is 25.7 Å². The first-order valence-corrected chi connectivity index (χ1v) is 7.14. The van der Waals surface area contributed by atoms with Crippen molar-refractivity contribution in [1.82, 2.24) is 0 Å². The third kappa shape index (κ3) is 3.64. The molecule has 0 amide bonds. The Kier molecular flexibility index (Phi) is 4.86. The van der Waals surface area contributed by atoms with E-state index in [9.17, 15) is 4.79 Å². The fraction of sp³-hybridized carbons (Fsp3) is 0.467. The molecule has 0 atom stereocenters. The minimum atomic E-state index is -0.728. The molecule has 0 bridgehead atoms. The average molecular weight is 293 g/mol. The third-order valence-corrected chi connectivity index (χ3v) is 4.04. The Morgan fingerprint density at radius 3 is 2.75 bits per heavy atom. The van der Waals surface area contributed by atoms with Gasteiger partial charge in [0.05, 0.1) is 11.3 Å². The molecule has 20 heavy (non-hydrogen) atoms. The Hall–Kier alpha value is -1.73. The molecule has 1 aromatic carbocycles. The normalized spacial score (nSPS) is 15.9. The third-order valence-electron chi connectivity index (χ3n) is 3.80. The molecule has 0 aromatic heterocycles. The molecular formula is C15H17ClN2O2. The van der Waals surface area contributed by atoms with Gasteiger partial charge in [-0.05, 0) is 43.4 Å². The standard InChI is InChI=1S/C15H17ClN2O2/c16-13-3-2-12(10-17)14(9-13)18-7-5-11(6-8-18)1-4-15(19)20/h2-3,9,11H,1,4-8H2,(H,19,20). The van der Waals surface area contributed by atoms with Gasteiger partial charge in [0.2, 0.25) is 0 Å². The molecule has 5 heteroatoms. The summed E-state index contributed by atoms with van der Waals surface area (Å²) in [4.78, 5) is 12.8. The molecule has 2 rings (SSSR count). The lowest BCUT2D eigenvalue weighted by Gasteiger charge is -2.34. The molecule has 4 nitrogen and oxygen atoms in total. The Labute approximate surface area is 123 Å². The number of aliphatic carboxylic acids is 1. The monoisotopic (exact) mass is 292 g/mol. The van der Waals surface area contributed by atoms with Crippen LogP contribution in [0.25, 0.3) is 0 Å². The second-order valence-corrected chi connectivity index (χ2v) is 5.57. The predicted molar refractivity (Wildman–Crippen MR) is 78.0 cm³/mol. The van der Waals surface area contributed by atoms with E-state index in [1.54, 1.807) is 12.1 Å². The molecule has 0 radical (unpaired) electrons. The fourth-order valence-electron chi connectivity index (χ4n) is 2.65. The first kappa shape index (κ1) is 14.7. The molecule has 106 valence electrons. The minimum absolute atomic E-state index is 0.241. The molecule has 1 aliphatic rings. The number of hydrogen-bond donors (Lipinski definition) is 1. The van der Waals surface area contributed by atoms with Gasteiger partial charge >= 0.3 is 5.97 Å². The van der Waals surface area contributed by atoms with Gasteiger partial charge in [-0.1, -0.05) is 11.6 Å². The molecule has 0 spiro atoms. The minimum Gasteiger partial charge on any atom is -0.481 e. The molecule has 1 heterocycles. The zero-order valence-corrected chi connectivity index (χ0v) is 11.9. The van der Waals surface area contributed by atoms with Crippen LogP contribution in [0.3, 0.4) is 0 Å². The smallest absolute Gasteiger partial charge is 0.303 e. The van der Waals surface area contributed by atoms with E-state index >= 15 is 0 Å². The van der Waals surface area contributed by atoms with E-state index in [0.717, 1.165) is 38.0 Å². The average Bonchev–Trinajstić information content (AvgIpc) is 2.45. The van der Waals surface area contributed by atoms with Crippen molar-refractivity contribution in [2.75, 3.05) is 18.0 Å². The first-order valence-electron chi connectivity index (χ1n) is 6.76. The Balaban J connectivity index is 1.99. The van der Waals surface area contributed by atoms with E-state index in [4.69, 9.17) is 22.0 Å². The van der Waals surface area contributed by atoms with Gasteiger partial charge in [-0.2, -0.15) is 5.26 Å². The van der Waals surface area contributed by atoms with Crippen LogP contribution in [0.2, 0.25) is 5.02 Å². The first-order chi connectivity index (χ1) is 9.60. The molecule has 1 aromatic rings. The van der Waals surface area contributed by atoms with Crippen LogP contribution in [0.4, 0.5) is 5.69 Å². The van der Waals surface area contributed by atoms with E-state index < -0.39 is 5.97 Å². The zero-order valence-electron chi connectivity index (χ0n) is 11.2. The zero-order chi connectivity index (χ0) is 14.5. The number of piperidine rings is 1. The number of hydrogen-bond acceptors (Lipinski definition) is 3.